The first kappa shape index (κ1) is 22.5. The van der Waals surface area contributed by atoms with Crippen LogP contribution in [0.1, 0.15) is 17.0 Å². The highest BCUT2D eigenvalue weighted by atomic mass is 35.5. The maximum absolute atomic E-state index is 14.2. The van der Waals surface area contributed by atoms with Gasteiger partial charge in [-0.25, -0.2) is 13.3 Å². The molecule has 0 spiro atoms. The molecule has 0 amide bonds. The van der Waals surface area contributed by atoms with E-state index in [1.807, 2.05) is 12.1 Å². The SMILES string of the molecule is COc1ccc(Cc2nnc(OCc3c(F)cccc3Cl)n2-c2ccc(F)cc2)cc1OC. The molecule has 9 heteroatoms. The lowest BCUT2D eigenvalue weighted by atomic mass is 10.1. The minimum atomic E-state index is -0.485. The molecule has 0 N–H and O–H groups in total. The fourth-order valence-electron chi connectivity index (χ4n) is 3.34. The molecule has 0 unspecified atom stereocenters. The van der Waals surface area contributed by atoms with Crippen molar-refractivity contribution in [3.8, 4) is 23.2 Å². The molecule has 0 saturated carbocycles. The van der Waals surface area contributed by atoms with Crippen LogP contribution in [0.2, 0.25) is 5.02 Å². The van der Waals surface area contributed by atoms with Crippen molar-refractivity contribution in [2.45, 2.75) is 13.0 Å². The third-order valence-corrected chi connectivity index (χ3v) is 5.36. The molecule has 4 aromatic rings. The van der Waals surface area contributed by atoms with E-state index in [2.05, 4.69) is 10.2 Å². The molecule has 33 heavy (non-hydrogen) atoms. The number of benzene rings is 3. The van der Waals surface area contributed by atoms with Gasteiger partial charge in [-0.2, -0.15) is 0 Å². The summed E-state index contributed by atoms with van der Waals surface area (Å²) >= 11 is 6.11. The van der Waals surface area contributed by atoms with Crippen LogP contribution in [0.25, 0.3) is 5.69 Å². The lowest BCUT2D eigenvalue weighted by molar-refractivity contribution is 0.269. The molecule has 0 aliphatic heterocycles. The van der Waals surface area contributed by atoms with Gasteiger partial charge in [0.1, 0.15) is 24.1 Å². The van der Waals surface area contributed by atoms with Crippen molar-refractivity contribution in [2.75, 3.05) is 14.2 Å². The van der Waals surface area contributed by atoms with E-state index in [9.17, 15) is 8.78 Å². The van der Waals surface area contributed by atoms with Gasteiger partial charge in [-0.15, -0.1) is 5.10 Å². The van der Waals surface area contributed by atoms with Crippen LogP contribution in [0.3, 0.4) is 0 Å². The molecule has 0 atom stereocenters. The monoisotopic (exact) mass is 471 g/mol. The number of methoxy groups -OCH3 is 2. The summed E-state index contributed by atoms with van der Waals surface area (Å²) in [5, 5.41) is 8.64. The number of nitrogens with zero attached hydrogens (tertiary/aromatic N) is 3. The standard InChI is InChI=1S/C24H20ClF2N3O3/c1-31-21-11-6-15(12-22(21)32-2)13-23-28-29-24(30(23)17-9-7-16(26)8-10-17)33-14-18-19(25)4-3-5-20(18)27/h3-12H,13-14H2,1-2H3. The zero-order valence-electron chi connectivity index (χ0n) is 17.9. The third-order valence-electron chi connectivity index (χ3n) is 5.00. The average Bonchev–Trinajstić information content (AvgIpc) is 3.21. The van der Waals surface area contributed by atoms with Gasteiger partial charge in [-0.05, 0) is 54.1 Å². The van der Waals surface area contributed by atoms with Gasteiger partial charge >= 0.3 is 6.01 Å². The minimum absolute atomic E-state index is 0.122. The molecular weight excluding hydrogens is 452 g/mol. The Morgan fingerprint density at radius 3 is 2.36 bits per heavy atom. The summed E-state index contributed by atoms with van der Waals surface area (Å²) in [6.07, 6.45) is 0.370. The van der Waals surface area contributed by atoms with Crippen molar-refractivity contribution in [1.82, 2.24) is 14.8 Å². The highest BCUT2D eigenvalue weighted by Crippen LogP contribution is 2.30. The summed E-state index contributed by atoms with van der Waals surface area (Å²) < 4.78 is 45.8. The number of hydrogen-bond donors (Lipinski definition) is 0. The lowest BCUT2D eigenvalue weighted by Gasteiger charge is -2.13. The Morgan fingerprint density at radius 1 is 0.909 bits per heavy atom. The Bertz CT molecular complexity index is 1240. The van der Waals surface area contributed by atoms with E-state index in [0.717, 1.165) is 5.56 Å². The molecule has 3 aromatic carbocycles. The van der Waals surface area contributed by atoms with E-state index in [0.29, 0.717) is 29.4 Å². The fourth-order valence-corrected chi connectivity index (χ4v) is 3.56. The van der Waals surface area contributed by atoms with Crippen LogP contribution in [-0.4, -0.2) is 29.0 Å². The van der Waals surface area contributed by atoms with Gasteiger partial charge in [0.15, 0.2) is 11.5 Å². The summed E-state index contributed by atoms with van der Waals surface area (Å²) in [6.45, 7) is -0.152. The molecule has 0 bridgehead atoms. The van der Waals surface area contributed by atoms with Crippen molar-refractivity contribution in [3.05, 3.63) is 94.3 Å². The molecule has 0 aliphatic carbocycles. The van der Waals surface area contributed by atoms with E-state index < -0.39 is 5.82 Å². The molecule has 6 nitrogen and oxygen atoms in total. The highest BCUT2D eigenvalue weighted by molar-refractivity contribution is 6.31. The van der Waals surface area contributed by atoms with E-state index in [1.54, 1.807) is 43.1 Å². The molecule has 1 heterocycles. The van der Waals surface area contributed by atoms with Crippen LogP contribution in [0.15, 0.2) is 60.7 Å². The maximum atomic E-state index is 14.2. The maximum Gasteiger partial charge on any atom is 0.322 e. The summed E-state index contributed by atoms with van der Waals surface area (Å²) in [6, 6.07) is 15.9. The van der Waals surface area contributed by atoms with Crippen LogP contribution in [0, 0.1) is 11.6 Å². The van der Waals surface area contributed by atoms with Gasteiger partial charge in [0.25, 0.3) is 0 Å². The van der Waals surface area contributed by atoms with Gasteiger partial charge < -0.3 is 14.2 Å². The van der Waals surface area contributed by atoms with Crippen molar-refractivity contribution < 1.29 is 23.0 Å². The number of halogens is 3. The number of ether oxygens (including phenoxy) is 3. The van der Waals surface area contributed by atoms with Crippen molar-refractivity contribution in [2.24, 2.45) is 0 Å². The smallest absolute Gasteiger partial charge is 0.322 e. The van der Waals surface area contributed by atoms with Crippen molar-refractivity contribution in [1.29, 1.82) is 0 Å². The molecule has 4 rings (SSSR count). The van der Waals surface area contributed by atoms with Crippen molar-refractivity contribution >= 4 is 11.6 Å². The quantitative estimate of drug-likeness (QED) is 0.345. The second-order valence-corrected chi connectivity index (χ2v) is 7.47. The van der Waals surface area contributed by atoms with E-state index in [1.165, 1.54) is 24.3 Å². The van der Waals surface area contributed by atoms with Gasteiger partial charge in [-0.3, -0.25) is 0 Å². The van der Waals surface area contributed by atoms with Crippen LogP contribution >= 0.6 is 11.6 Å². The highest BCUT2D eigenvalue weighted by Gasteiger charge is 2.18. The molecule has 0 fully saturated rings. The minimum Gasteiger partial charge on any atom is -0.493 e. The predicted molar refractivity (Wildman–Crippen MR) is 119 cm³/mol. The Morgan fingerprint density at radius 2 is 1.67 bits per heavy atom. The fraction of sp³-hybridized carbons (Fsp3) is 0.167. The van der Waals surface area contributed by atoms with Gasteiger partial charge in [0, 0.05) is 12.0 Å². The third kappa shape index (κ3) is 4.90. The summed E-state index contributed by atoms with van der Waals surface area (Å²) in [4.78, 5) is 0. The van der Waals surface area contributed by atoms with Gasteiger partial charge in [-0.1, -0.05) is 28.8 Å². The average molecular weight is 472 g/mol. The van der Waals surface area contributed by atoms with Crippen molar-refractivity contribution in [3.63, 3.8) is 0 Å². The topological polar surface area (TPSA) is 58.4 Å². The predicted octanol–water partition coefficient (Wildman–Crippen LogP) is 5.39. The molecule has 0 saturated heterocycles. The number of rotatable bonds is 8. The Balaban J connectivity index is 1.69. The largest absolute Gasteiger partial charge is 0.493 e. The molecule has 0 aliphatic rings. The van der Waals surface area contributed by atoms with Crippen LogP contribution in [-0.2, 0) is 13.0 Å². The first-order valence-electron chi connectivity index (χ1n) is 9.97. The normalized spacial score (nSPS) is 10.8. The Hall–Kier alpha value is -3.65. The molecular formula is C24H20ClF2N3O3. The Labute approximate surface area is 194 Å². The first-order valence-corrected chi connectivity index (χ1v) is 10.3. The van der Waals surface area contributed by atoms with E-state index in [-0.39, 0.29) is 29.0 Å². The van der Waals surface area contributed by atoms with Crippen LogP contribution in [0.5, 0.6) is 17.5 Å². The van der Waals surface area contributed by atoms with Crippen LogP contribution in [0.4, 0.5) is 8.78 Å². The molecule has 0 radical (unpaired) electrons. The second-order valence-electron chi connectivity index (χ2n) is 7.07. The molecule has 170 valence electrons. The molecule has 1 aromatic heterocycles. The lowest BCUT2D eigenvalue weighted by Crippen LogP contribution is -2.08. The summed E-state index contributed by atoms with van der Waals surface area (Å²) in [7, 11) is 3.12. The second kappa shape index (κ2) is 9.87. The number of aromatic nitrogens is 3. The first-order chi connectivity index (χ1) is 16.0. The van der Waals surface area contributed by atoms with Gasteiger partial charge in [0.05, 0.1) is 24.9 Å². The van der Waals surface area contributed by atoms with Crippen LogP contribution < -0.4 is 14.2 Å². The zero-order chi connectivity index (χ0) is 23.4. The number of hydrogen-bond acceptors (Lipinski definition) is 5. The Kier molecular flexibility index (Phi) is 6.74. The zero-order valence-corrected chi connectivity index (χ0v) is 18.6. The summed E-state index contributed by atoms with van der Waals surface area (Å²) in [5.41, 5.74) is 1.67. The van der Waals surface area contributed by atoms with Gasteiger partial charge in [0.2, 0.25) is 0 Å². The van der Waals surface area contributed by atoms with E-state index >= 15 is 0 Å². The van der Waals surface area contributed by atoms with E-state index in [4.69, 9.17) is 25.8 Å². The summed E-state index contributed by atoms with van der Waals surface area (Å²) in [5.74, 6) is 0.846.